The van der Waals surface area contributed by atoms with Crippen molar-refractivity contribution in [3.63, 3.8) is 0 Å². The minimum Gasteiger partial charge on any atom is -0.449 e. The zero-order valence-corrected chi connectivity index (χ0v) is 19.4. The van der Waals surface area contributed by atoms with Crippen LogP contribution in [0, 0.1) is 0 Å². The molecule has 196 valence electrons. The molecule has 2 aliphatic rings. The van der Waals surface area contributed by atoms with E-state index >= 15 is 0 Å². The summed E-state index contributed by atoms with van der Waals surface area (Å²) in [6, 6.07) is 10.5. The number of alkyl carbamates (subject to hydrolysis) is 1. The van der Waals surface area contributed by atoms with Crippen molar-refractivity contribution in [3.8, 4) is 0 Å². The Morgan fingerprint density at radius 1 is 1.00 bits per heavy atom. The zero-order chi connectivity index (χ0) is 26.1. The van der Waals surface area contributed by atoms with Crippen molar-refractivity contribution in [3.05, 3.63) is 70.8 Å². The SMILES string of the molecule is CC(OCC1(c2ccccc2)CCC2NC(=O)OCCC2N1)c1cc(C(F)(F)F)cc(C(F)(F)F)c1. The van der Waals surface area contributed by atoms with Crippen molar-refractivity contribution in [1.82, 2.24) is 10.6 Å². The number of alkyl halides is 6. The number of carbonyl (C=O) groups is 1. The molecule has 0 aromatic heterocycles. The first-order valence-corrected chi connectivity index (χ1v) is 11.5. The fourth-order valence-electron chi connectivity index (χ4n) is 4.81. The summed E-state index contributed by atoms with van der Waals surface area (Å²) in [4.78, 5) is 11.8. The van der Waals surface area contributed by atoms with Crippen LogP contribution in [0.1, 0.15) is 54.5 Å². The molecule has 0 saturated carbocycles. The number of rotatable bonds is 5. The van der Waals surface area contributed by atoms with E-state index in [2.05, 4.69) is 10.6 Å². The van der Waals surface area contributed by atoms with Gasteiger partial charge in [0.25, 0.3) is 0 Å². The molecule has 2 aromatic carbocycles. The van der Waals surface area contributed by atoms with E-state index in [9.17, 15) is 31.1 Å². The second kappa shape index (κ2) is 9.93. The van der Waals surface area contributed by atoms with Gasteiger partial charge in [0, 0.05) is 12.1 Å². The fraction of sp³-hybridized carbons (Fsp3) is 0.480. The number of carbonyl (C=O) groups excluding carboxylic acids is 1. The van der Waals surface area contributed by atoms with Gasteiger partial charge in [0.1, 0.15) is 0 Å². The largest absolute Gasteiger partial charge is 0.449 e. The molecule has 4 atom stereocenters. The van der Waals surface area contributed by atoms with Crippen LogP contribution < -0.4 is 10.6 Å². The summed E-state index contributed by atoms with van der Waals surface area (Å²) in [5.74, 6) is 0. The second-order valence-corrected chi connectivity index (χ2v) is 9.21. The lowest BCUT2D eigenvalue weighted by Gasteiger charge is -2.46. The van der Waals surface area contributed by atoms with Gasteiger partial charge in [-0.05, 0) is 55.5 Å². The maximum atomic E-state index is 13.3. The number of cyclic esters (lactones) is 1. The van der Waals surface area contributed by atoms with Crippen molar-refractivity contribution in [2.45, 2.75) is 62.3 Å². The van der Waals surface area contributed by atoms with Gasteiger partial charge in [0.05, 0.1) is 36.0 Å². The first-order chi connectivity index (χ1) is 16.9. The standard InChI is InChI=1S/C25H26F6N2O3/c1-15(16-11-18(24(26,27)28)13-19(12-16)25(29,30)31)36-14-23(17-5-3-2-4-6-17)9-7-20-21(33-23)8-10-35-22(34)32-20/h2-6,11-13,15,20-21,33H,7-10,14H2,1H3,(H,32,34). The minimum absolute atomic E-state index is 0.00615. The van der Waals surface area contributed by atoms with E-state index in [1.807, 2.05) is 30.3 Å². The Kier molecular flexibility index (Phi) is 7.25. The zero-order valence-electron chi connectivity index (χ0n) is 19.4. The molecular formula is C25H26F6N2O3. The van der Waals surface area contributed by atoms with Crippen molar-refractivity contribution >= 4 is 6.09 Å². The summed E-state index contributed by atoms with van der Waals surface area (Å²) in [6.45, 7) is 1.64. The van der Waals surface area contributed by atoms with Crippen LogP contribution in [-0.2, 0) is 27.4 Å². The van der Waals surface area contributed by atoms with Gasteiger partial charge in [-0.2, -0.15) is 26.3 Å². The highest BCUT2D eigenvalue weighted by atomic mass is 19.4. The van der Waals surface area contributed by atoms with Gasteiger partial charge < -0.3 is 20.1 Å². The summed E-state index contributed by atoms with van der Waals surface area (Å²) in [7, 11) is 0. The van der Waals surface area contributed by atoms with Crippen LogP contribution in [0.25, 0.3) is 0 Å². The van der Waals surface area contributed by atoms with E-state index in [4.69, 9.17) is 9.47 Å². The maximum absolute atomic E-state index is 13.3. The molecule has 4 rings (SSSR count). The number of nitrogens with one attached hydrogen (secondary N) is 2. The van der Waals surface area contributed by atoms with Crippen molar-refractivity contribution in [1.29, 1.82) is 0 Å². The minimum atomic E-state index is -4.94. The monoisotopic (exact) mass is 516 g/mol. The van der Waals surface area contributed by atoms with Crippen LogP contribution in [0.5, 0.6) is 0 Å². The number of hydrogen-bond donors (Lipinski definition) is 2. The third-order valence-electron chi connectivity index (χ3n) is 6.78. The molecule has 2 aliphatic heterocycles. The predicted molar refractivity (Wildman–Crippen MR) is 118 cm³/mol. The van der Waals surface area contributed by atoms with Gasteiger partial charge in [0.15, 0.2) is 0 Å². The smallest absolute Gasteiger partial charge is 0.416 e. The van der Waals surface area contributed by atoms with Crippen molar-refractivity contribution in [2.75, 3.05) is 13.2 Å². The molecule has 1 amide bonds. The van der Waals surface area contributed by atoms with Gasteiger partial charge >= 0.3 is 18.4 Å². The molecule has 2 aromatic rings. The molecule has 0 bridgehead atoms. The Bertz CT molecular complexity index is 1040. The van der Waals surface area contributed by atoms with E-state index in [0.29, 0.717) is 31.4 Å². The lowest BCUT2D eigenvalue weighted by Crippen LogP contribution is -2.62. The van der Waals surface area contributed by atoms with Gasteiger partial charge in [-0.1, -0.05) is 30.3 Å². The molecule has 36 heavy (non-hydrogen) atoms. The molecule has 4 unspecified atom stereocenters. The Labute approximate surface area is 204 Å². The third kappa shape index (κ3) is 5.78. The quantitative estimate of drug-likeness (QED) is 0.483. The van der Waals surface area contributed by atoms with E-state index in [-0.39, 0.29) is 36.9 Å². The molecule has 0 spiro atoms. The number of amides is 1. The highest BCUT2D eigenvalue weighted by Crippen LogP contribution is 2.39. The molecular weight excluding hydrogens is 490 g/mol. The number of halogens is 6. The number of hydrogen-bond acceptors (Lipinski definition) is 4. The van der Waals surface area contributed by atoms with Gasteiger partial charge in [-0.15, -0.1) is 0 Å². The maximum Gasteiger partial charge on any atom is 0.416 e. The molecule has 11 heteroatoms. The highest BCUT2D eigenvalue weighted by Gasteiger charge is 2.44. The lowest BCUT2D eigenvalue weighted by molar-refractivity contribution is -0.143. The van der Waals surface area contributed by atoms with Crippen LogP contribution in [0.4, 0.5) is 31.1 Å². The average molecular weight is 516 g/mol. The van der Waals surface area contributed by atoms with Crippen molar-refractivity contribution < 1.29 is 40.6 Å². The topological polar surface area (TPSA) is 59.6 Å². The Morgan fingerprint density at radius 2 is 1.64 bits per heavy atom. The Morgan fingerprint density at radius 3 is 2.25 bits per heavy atom. The van der Waals surface area contributed by atoms with Crippen LogP contribution in [0.3, 0.4) is 0 Å². The summed E-state index contributed by atoms with van der Waals surface area (Å²) in [5, 5.41) is 6.37. The number of benzene rings is 2. The van der Waals surface area contributed by atoms with Crippen LogP contribution in [0.2, 0.25) is 0 Å². The molecule has 2 fully saturated rings. The molecule has 2 heterocycles. The Hall–Kier alpha value is -2.79. The summed E-state index contributed by atoms with van der Waals surface area (Å²) in [6.07, 6.45) is -9.78. The predicted octanol–water partition coefficient (Wildman–Crippen LogP) is 5.95. The summed E-state index contributed by atoms with van der Waals surface area (Å²) >= 11 is 0. The number of piperidine rings is 1. The fourth-order valence-corrected chi connectivity index (χ4v) is 4.81. The van der Waals surface area contributed by atoms with E-state index in [1.54, 1.807) is 0 Å². The van der Waals surface area contributed by atoms with Crippen molar-refractivity contribution in [2.24, 2.45) is 0 Å². The van der Waals surface area contributed by atoms with Crippen LogP contribution in [0.15, 0.2) is 48.5 Å². The number of fused-ring (bicyclic) bond motifs is 1. The van der Waals surface area contributed by atoms with E-state index in [0.717, 1.165) is 5.56 Å². The van der Waals surface area contributed by atoms with Gasteiger partial charge in [-0.25, -0.2) is 4.79 Å². The molecule has 0 radical (unpaired) electrons. The van der Waals surface area contributed by atoms with Crippen LogP contribution in [-0.4, -0.2) is 31.4 Å². The third-order valence-corrected chi connectivity index (χ3v) is 6.78. The van der Waals surface area contributed by atoms with E-state index in [1.165, 1.54) is 6.92 Å². The normalized spacial score (nSPS) is 25.8. The first-order valence-electron chi connectivity index (χ1n) is 11.5. The second-order valence-electron chi connectivity index (χ2n) is 9.21. The summed E-state index contributed by atoms with van der Waals surface area (Å²) < 4.78 is 91.0. The van der Waals surface area contributed by atoms with Gasteiger partial charge in [-0.3, -0.25) is 0 Å². The molecule has 5 nitrogen and oxygen atoms in total. The van der Waals surface area contributed by atoms with Gasteiger partial charge in [0.2, 0.25) is 0 Å². The Balaban J connectivity index is 1.60. The van der Waals surface area contributed by atoms with Crippen LogP contribution >= 0.6 is 0 Å². The number of ether oxygens (including phenoxy) is 2. The molecule has 2 saturated heterocycles. The molecule has 0 aliphatic carbocycles. The van der Waals surface area contributed by atoms with E-state index < -0.39 is 41.2 Å². The molecule has 2 N–H and O–H groups in total. The first kappa shape index (κ1) is 26.3. The lowest BCUT2D eigenvalue weighted by atomic mass is 9.78. The average Bonchev–Trinajstić information content (AvgIpc) is 3.01. The summed E-state index contributed by atoms with van der Waals surface area (Å²) in [5.41, 5.74) is -2.88. The highest BCUT2D eigenvalue weighted by molar-refractivity contribution is 5.68.